The van der Waals surface area contributed by atoms with Gasteiger partial charge in [0.1, 0.15) is 11.4 Å². The zero-order valence-electron chi connectivity index (χ0n) is 18.0. The lowest BCUT2D eigenvalue weighted by atomic mass is 10.2. The molecule has 1 aliphatic rings. The number of nitrogens with one attached hydrogen (secondary N) is 1. The van der Waals surface area contributed by atoms with Gasteiger partial charge in [0.05, 0.1) is 36.0 Å². The van der Waals surface area contributed by atoms with Gasteiger partial charge >= 0.3 is 5.97 Å². The third-order valence-corrected chi connectivity index (χ3v) is 6.38. The first-order chi connectivity index (χ1) is 15.5. The predicted octanol–water partition coefficient (Wildman–Crippen LogP) is 3.54. The van der Waals surface area contributed by atoms with Crippen LogP contribution >= 0.6 is 22.9 Å². The Kier molecular flexibility index (Phi) is 6.73. The van der Waals surface area contributed by atoms with E-state index in [9.17, 15) is 4.79 Å². The highest BCUT2D eigenvalue weighted by atomic mass is 35.5. The molecule has 0 atom stereocenters. The summed E-state index contributed by atoms with van der Waals surface area (Å²) in [6.07, 6.45) is 3.06. The third kappa shape index (κ3) is 4.77. The van der Waals surface area contributed by atoms with Gasteiger partial charge in [-0.2, -0.15) is 0 Å². The number of methoxy groups -OCH3 is 2. The molecule has 4 rings (SSSR count). The molecule has 11 heteroatoms. The summed E-state index contributed by atoms with van der Waals surface area (Å²) in [4.78, 5) is 29.8. The van der Waals surface area contributed by atoms with E-state index in [2.05, 4.69) is 37.1 Å². The van der Waals surface area contributed by atoms with E-state index in [0.29, 0.717) is 21.5 Å². The summed E-state index contributed by atoms with van der Waals surface area (Å²) in [7, 11) is 5.11. The lowest BCUT2D eigenvalue weighted by molar-refractivity contribution is 0.0600. The third-order valence-electron chi connectivity index (χ3n) is 5.12. The SMILES string of the molecule is COC(=O)c1ncc(-c2nc(Nc3ccc(N4CCN(C)CC4)c(OC)c3)ncc2Cl)s1. The standard InChI is InChI=1S/C21H23ClN6O3S/c1-27-6-8-28(9-7-27)15-5-4-13(10-16(15)30-2)25-21-24-11-14(22)18(26-21)17-12-23-19(32-17)20(29)31-3/h4-5,10-12H,6-9H2,1-3H3,(H,24,25,26). The Bertz CT molecular complexity index is 1120. The van der Waals surface area contributed by atoms with Gasteiger partial charge in [0.2, 0.25) is 11.0 Å². The molecule has 2 aromatic heterocycles. The van der Waals surface area contributed by atoms with Crippen LogP contribution in [0, 0.1) is 0 Å². The van der Waals surface area contributed by atoms with Crippen molar-refractivity contribution in [2.45, 2.75) is 0 Å². The molecule has 1 aliphatic heterocycles. The van der Waals surface area contributed by atoms with E-state index in [1.165, 1.54) is 13.3 Å². The maximum atomic E-state index is 11.7. The summed E-state index contributed by atoms with van der Waals surface area (Å²) in [5, 5.41) is 3.79. The van der Waals surface area contributed by atoms with Crippen LogP contribution in [0.3, 0.4) is 0 Å². The van der Waals surface area contributed by atoms with E-state index in [4.69, 9.17) is 21.1 Å². The number of aromatic nitrogens is 3. The number of nitrogens with zero attached hydrogens (tertiary/aromatic N) is 5. The summed E-state index contributed by atoms with van der Waals surface area (Å²) >= 11 is 7.46. The molecule has 1 saturated heterocycles. The van der Waals surface area contributed by atoms with Crippen LogP contribution in [0.4, 0.5) is 17.3 Å². The summed E-state index contributed by atoms with van der Waals surface area (Å²) in [5.74, 6) is 0.642. The molecule has 168 valence electrons. The number of hydrogen-bond acceptors (Lipinski definition) is 10. The molecule has 3 heterocycles. The molecule has 0 amide bonds. The highest BCUT2D eigenvalue weighted by molar-refractivity contribution is 7.16. The quantitative estimate of drug-likeness (QED) is 0.538. The molecule has 1 fully saturated rings. The lowest BCUT2D eigenvalue weighted by Crippen LogP contribution is -2.44. The number of ether oxygens (including phenoxy) is 2. The second kappa shape index (κ2) is 9.68. The average Bonchev–Trinajstić information content (AvgIpc) is 3.30. The number of carbonyl (C=O) groups is 1. The van der Waals surface area contributed by atoms with Gasteiger partial charge in [-0.3, -0.25) is 0 Å². The van der Waals surface area contributed by atoms with Crippen LogP contribution in [-0.2, 0) is 4.74 Å². The fourth-order valence-electron chi connectivity index (χ4n) is 3.36. The van der Waals surface area contributed by atoms with E-state index in [-0.39, 0.29) is 5.01 Å². The second-order valence-corrected chi connectivity index (χ2v) is 8.65. The minimum Gasteiger partial charge on any atom is -0.495 e. The molecule has 32 heavy (non-hydrogen) atoms. The second-order valence-electron chi connectivity index (χ2n) is 7.21. The van der Waals surface area contributed by atoms with Gasteiger partial charge in [0.15, 0.2) is 0 Å². The Morgan fingerprint density at radius 1 is 1.16 bits per heavy atom. The van der Waals surface area contributed by atoms with Crippen LogP contribution in [0.15, 0.2) is 30.6 Å². The number of benzene rings is 1. The first-order valence-electron chi connectivity index (χ1n) is 9.94. The molecule has 0 unspecified atom stereocenters. The van der Waals surface area contributed by atoms with Gasteiger partial charge < -0.3 is 24.6 Å². The molecule has 1 N–H and O–H groups in total. The van der Waals surface area contributed by atoms with Crippen LogP contribution < -0.4 is 15.0 Å². The van der Waals surface area contributed by atoms with E-state index < -0.39 is 5.97 Å². The molecule has 0 spiro atoms. The van der Waals surface area contributed by atoms with Crippen molar-refractivity contribution in [2.75, 3.05) is 57.7 Å². The van der Waals surface area contributed by atoms with E-state index in [1.54, 1.807) is 13.3 Å². The molecule has 1 aromatic carbocycles. The fourth-order valence-corrected chi connectivity index (χ4v) is 4.45. The molecule has 0 radical (unpaired) electrons. The normalized spacial score (nSPS) is 14.3. The summed E-state index contributed by atoms with van der Waals surface area (Å²) in [6, 6.07) is 5.93. The molecule has 3 aromatic rings. The van der Waals surface area contributed by atoms with Crippen molar-refractivity contribution >= 4 is 46.2 Å². The van der Waals surface area contributed by atoms with Crippen LogP contribution in [0.2, 0.25) is 5.02 Å². The fraction of sp³-hybridized carbons (Fsp3) is 0.333. The molecule has 0 bridgehead atoms. The van der Waals surface area contributed by atoms with Crippen molar-refractivity contribution < 1.29 is 14.3 Å². The summed E-state index contributed by atoms with van der Waals surface area (Å²) in [5.41, 5.74) is 2.33. The smallest absolute Gasteiger partial charge is 0.367 e. The number of esters is 1. The predicted molar refractivity (Wildman–Crippen MR) is 125 cm³/mol. The van der Waals surface area contributed by atoms with Crippen LogP contribution in [0.5, 0.6) is 5.75 Å². The van der Waals surface area contributed by atoms with Gasteiger partial charge in [0.25, 0.3) is 0 Å². The Hall–Kier alpha value is -2.95. The first-order valence-corrected chi connectivity index (χ1v) is 11.1. The van der Waals surface area contributed by atoms with Crippen molar-refractivity contribution in [1.82, 2.24) is 19.9 Å². The monoisotopic (exact) mass is 474 g/mol. The van der Waals surface area contributed by atoms with Gasteiger partial charge in [-0.1, -0.05) is 11.6 Å². The van der Waals surface area contributed by atoms with Crippen molar-refractivity contribution in [3.8, 4) is 16.3 Å². The number of thiazole rings is 1. The molecular weight excluding hydrogens is 452 g/mol. The average molecular weight is 475 g/mol. The number of piperazine rings is 1. The Labute approximate surface area is 195 Å². The Morgan fingerprint density at radius 2 is 1.94 bits per heavy atom. The van der Waals surface area contributed by atoms with Crippen molar-refractivity contribution in [3.63, 3.8) is 0 Å². The zero-order valence-corrected chi connectivity index (χ0v) is 19.5. The molecule has 0 saturated carbocycles. The minimum absolute atomic E-state index is 0.232. The number of hydrogen-bond donors (Lipinski definition) is 1. The number of rotatable bonds is 6. The van der Waals surface area contributed by atoms with E-state index >= 15 is 0 Å². The summed E-state index contributed by atoms with van der Waals surface area (Å²) in [6.45, 7) is 3.93. The topological polar surface area (TPSA) is 92.7 Å². The van der Waals surface area contributed by atoms with Crippen molar-refractivity contribution in [1.29, 1.82) is 0 Å². The maximum Gasteiger partial charge on any atom is 0.367 e. The van der Waals surface area contributed by atoms with Gasteiger partial charge in [-0.05, 0) is 19.2 Å². The first kappa shape index (κ1) is 22.3. The number of halogens is 1. The largest absolute Gasteiger partial charge is 0.495 e. The van der Waals surface area contributed by atoms with Gasteiger partial charge in [-0.25, -0.2) is 19.7 Å². The highest BCUT2D eigenvalue weighted by Gasteiger charge is 2.19. The Balaban J connectivity index is 1.56. The van der Waals surface area contributed by atoms with E-state index in [1.807, 2.05) is 18.2 Å². The van der Waals surface area contributed by atoms with E-state index in [0.717, 1.165) is 54.6 Å². The van der Waals surface area contributed by atoms with Gasteiger partial charge in [0, 0.05) is 44.1 Å². The molecule has 0 aliphatic carbocycles. The number of carbonyl (C=O) groups excluding carboxylic acids is 1. The van der Waals surface area contributed by atoms with Crippen LogP contribution in [0.1, 0.15) is 9.80 Å². The van der Waals surface area contributed by atoms with Crippen LogP contribution in [-0.4, -0.2) is 73.3 Å². The molecular formula is C21H23ClN6O3S. The number of anilines is 3. The molecule has 9 nitrogen and oxygen atoms in total. The number of likely N-dealkylation sites (N-methyl/N-ethyl adjacent to an activating group) is 1. The summed E-state index contributed by atoms with van der Waals surface area (Å²) < 4.78 is 10.4. The Morgan fingerprint density at radius 3 is 2.66 bits per heavy atom. The maximum absolute atomic E-state index is 11.7. The highest BCUT2D eigenvalue weighted by Crippen LogP contribution is 2.34. The lowest BCUT2D eigenvalue weighted by Gasteiger charge is -2.34. The zero-order chi connectivity index (χ0) is 22.7. The van der Waals surface area contributed by atoms with Gasteiger partial charge in [-0.15, -0.1) is 11.3 Å². The van der Waals surface area contributed by atoms with Crippen LogP contribution in [0.25, 0.3) is 10.6 Å². The minimum atomic E-state index is -0.502. The van der Waals surface area contributed by atoms with Crippen molar-refractivity contribution in [3.05, 3.63) is 40.6 Å². The van der Waals surface area contributed by atoms with Crippen molar-refractivity contribution in [2.24, 2.45) is 0 Å².